The number of carboxylic acids is 1. The monoisotopic (exact) mass is 2420 g/mol. The summed E-state index contributed by atoms with van der Waals surface area (Å²) in [6.07, 6.45) is 16.2. The smallest absolute Gasteiger partial charge is 0.247 e. The average molecular weight is 2420 g/mol. The zero-order valence-corrected chi connectivity index (χ0v) is 73.2. The van der Waals surface area contributed by atoms with Gasteiger partial charge in [0.15, 0.2) is 5.78 Å². The van der Waals surface area contributed by atoms with Crippen molar-refractivity contribution < 1.29 is 140 Å². The number of rotatable bonds is 9. The van der Waals surface area contributed by atoms with E-state index in [9.17, 15) is 22.8 Å². The maximum atomic E-state index is 13.1. The Morgan fingerprint density at radius 3 is 1.80 bits per heavy atom. The number of nitrogens with zero attached hydrogens (tertiary/aromatic N) is 13. The molecule has 2 N–H and O–H groups in total. The average Bonchev–Trinajstić information content (AvgIpc) is 1.12. The molecule has 0 amide bonds. The van der Waals surface area contributed by atoms with Gasteiger partial charge in [0.2, 0.25) is 5.97 Å². The zero-order valence-electron chi connectivity index (χ0n) is 65.4. The van der Waals surface area contributed by atoms with Crippen molar-refractivity contribution in [3.8, 4) is 55.6 Å². The first kappa shape index (κ1) is 84.9. The summed E-state index contributed by atoms with van der Waals surface area (Å²) in [5, 5.41) is 27.6. The molecule has 5 radical (unpaired) electrons. The fraction of sp³-hybridized carbons (Fsp3) is 0.0575. The summed E-state index contributed by atoms with van der Waals surface area (Å²) in [5.41, 5.74) is 8.81. The molecule has 0 saturated heterocycles. The van der Waals surface area contributed by atoms with Gasteiger partial charge in [-0.2, -0.15) is 0 Å². The molecule has 0 fully saturated rings. The number of fused-ring (bicyclic) bond motifs is 3. The van der Waals surface area contributed by atoms with Crippen molar-refractivity contribution in [1.29, 1.82) is 0 Å². The number of hydrogen-bond donors (Lipinski definition) is 2. The number of allylic oxidation sites excluding steroid dienone is 2. The van der Waals surface area contributed by atoms with Gasteiger partial charge in [0.25, 0.3) is 0 Å². The standard InChI is InChI=1S/C22H16N.C13H12N3.C13H8NS.C10H5F2N2.C9H9FN3.C8H6N3.C7H5O2.C5H8O2.5Ir/c1-16-14-22(23-15-21(16)18-8-3-2-4-9-18)20-13-7-11-17-10-5-6-12-19(17)20;1-15-10-16(13-8-4-5-9-14-13)12-7-3-2-6-11(12)15;1-2-7-12-10(5-1)9-13(15-12)11-6-3-4-8-14-11;11-9-5-4-7(10(12)14-9)8-3-1-2-6-13-8;1-12-4-5-13(7-12)9-3-2-8(10)6-11-9;1-2-5-9-7(3-1)8-4-6-10-11-8;8-7(9)6-4-2-1-3-5-6;1-4(6)3-5(2)7;;;;;/h2-12,14-15H,1H3;2-10H,1H3;1-8H;1-3,5-6H;2-7H,1H3;1-6H;1-4H,(H,8,9);3,6H,1-2H3;;;;;/q7*-1;;;;;;/i2D,3D,4D,8D,9D;;;;;;;;;;;;. The number of para-hydroxylation sites is 2. The number of benzene rings is 6. The predicted molar refractivity (Wildman–Crippen MR) is 420 cm³/mol. The second kappa shape index (κ2) is 48.4. The van der Waals surface area contributed by atoms with Gasteiger partial charge in [-0.05, 0) is 140 Å². The number of halogens is 3. The minimum Gasteiger partial charge on any atom is -0.574 e. The van der Waals surface area contributed by atoms with Gasteiger partial charge in [-0.3, -0.25) is 14.8 Å². The molecule has 15 aromatic rings. The number of hydrogen-bond acceptors (Lipinski definition) is 16. The molecule has 0 bridgehead atoms. The Hall–Kier alpha value is -10.5. The molecule has 113 heavy (non-hydrogen) atoms. The SMILES string of the molecule is CC(=O)C=C(C)O.CN1C=CN(c2ccc(F)cn2)[CH-]1.CN1[CH-]N(c2ccccn2)c2ccccc21.Fc1c[c-]c(-c2ccccn2)c(F)n1.O=C(O)c1[c-]cccc1.[2H]c1c([2H])c([2H])c(-c2cnc(-c3[c-]ccc4ccccc34)cc2C)c([2H])c1[2H].[Ir].[Ir].[Ir].[Ir].[Ir].[c-]1c(-c2ccccn2)sc2ccccc12.c1ccc(-c2ccn[n-]2)nc1. The van der Waals surface area contributed by atoms with Crippen molar-refractivity contribution in [3.05, 3.63) is 377 Å². The normalized spacial score (nSPS) is 11.6. The van der Waals surface area contributed by atoms with Crippen LogP contribution in [-0.4, -0.2) is 80.9 Å². The Bertz CT molecular complexity index is 5660. The molecule has 17 rings (SSSR count). The van der Waals surface area contributed by atoms with Crippen LogP contribution in [0.3, 0.4) is 0 Å². The van der Waals surface area contributed by atoms with Crippen LogP contribution in [0.1, 0.15) is 36.6 Å². The Kier molecular flexibility index (Phi) is 36.4. The molecule has 0 saturated carbocycles. The van der Waals surface area contributed by atoms with Gasteiger partial charge >= 0.3 is 0 Å². The van der Waals surface area contributed by atoms with E-state index in [-0.39, 0.29) is 159 Å². The molecule has 2 aliphatic heterocycles. The molecule has 2 aliphatic rings. The minimum atomic E-state index is -0.935. The summed E-state index contributed by atoms with van der Waals surface area (Å²) in [6, 6.07) is 75.3. The maximum absolute atomic E-state index is 13.1. The van der Waals surface area contributed by atoms with E-state index in [1.54, 1.807) is 72.4 Å². The topological polar surface area (TPSA) is 205 Å². The molecule has 585 valence electrons. The number of carbonyl (C=O) groups is 2. The van der Waals surface area contributed by atoms with Gasteiger partial charge in [0, 0.05) is 172 Å². The number of aliphatic hydroxyl groups excluding tert-OH is 1. The molecule has 9 aromatic heterocycles. The number of aryl methyl sites for hydroxylation is 1. The van der Waals surface area contributed by atoms with Crippen molar-refractivity contribution in [1.82, 2.24) is 50.0 Å². The third kappa shape index (κ3) is 28.3. The second-order valence-corrected chi connectivity index (χ2v) is 24.0. The van der Waals surface area contributed by atoms with E-state index in [1.165, 1.54) is 65.9 Å². The summed E-state index contributed by atoms with van der Waals surface area (Å²) in [5.74, 6) is -1.45. The van der Waals surface area contributed by atoms with Crippen molar-refractivity contribution in [3.63, 3.8) is 0 Å². The van der Waals surface area contributed by atoms with Crippen molar-refractivity contribution >= 4 is 67.0 Å². The first-order valence-electron chi connectivity index (χ1n) is 35.5. The van der Waals surface area contributed by atoms with Gasteiger partial charge in [0.05, 0.1) is 18.8 Å². The molecule has 0 aliphatic carbocycles. The van der Waals surface area contributed by atoms with E-state index in [0.717, 1.165) is 61.4 Å². The fourth-order valence-corrected chi connectivity index (χ4v) is 11.0. The Morgan fingerprint density at radius 1 is 0.584 bits per heavy atom. The third-order valence-electron chi connectivity index (χ3n) is 15.0. The van der Waals surface area contributed by atoms with E-state index < -0.39 is 23.9 Å². The molecule has 0 unspecified atom stereocenters. The van der Waals surface area contributed by atoms with Crippen LogP contribution in [0, 0.1) is 62.2 Å². The quantitative estimate of drug-likeness (QED) is 0.0597. The number of ketones is 1. The van der Waals surface area contributed by atoms with Gasteiger partial charge in [-0.15, -0.1) is 102 Å². The molecule has 11 heterocycles. The number of anilines is 4. The van der Waals surface area contributed by atoms with Crippen LogP contribution in [0.4, 0.5) is 36.2 Å². The number of carbonyl (C=O) groups excluding carboxylic acids is 1. The van der Waals surface area contributed by atoms with Gasteiger partial charge in [0.1, 0.15) is 29.3 Å². The van der Waals surface area contributed by atoms with Gasteiger partial charge in [-0.1, -0.05) is 156 Å². The Balaban J connectivity index is 0.000000247. The summed E-state index contributed by atoms with van der Waals surface area (Å²) in [4.78, 5) is 57.4. The van der Waals surface area contributed by atoms with Crippen LogP contribution < -0.4 is 19.8 Å². The first-order chi connectivity index (χ1) is 54.6. The van der Waals surface area contributed by atoms with Crippen LogP contribution >= 0.6 is 11.3 Å². The van der Waals surface area contributed by atoms with Crippen LogP contribution in [0.5, 0.6) is 0 Å². The summed E-state index contributed by atoms with van der Waals surface area (Å²) in [6.45, 7) is 8.61. The molecular formula is C87H69F3Ir5N13O4S-7. The number of aromatic carboxylic acids is 1. The molecule has 17 nitrogen and oxygen atoms in total. The predicted octanol–water partition coefficient (Wildman–Crippen LogP) is 19.3. The molecule has 0 spiro atoms. The van der Waals surface area contributed by atoms with Crippen LogP contribution in [0.15, 0.2) is 310 Å². The van der Waals surface area contributed by atoms with Crippen LogP contribution in [-0.2, 0) is 105 Å². The van der Waals surface area contributed by atoms with Gasteiger partial charge < -0.3 is 59.8 Å². The number of aromatic nitrogens is 9. The number of thiophene rings is 1. The van der Waals surface area contributed by atoms with Gasteiger partial charge in [-0.25, -0.2) is 34.5 Å². The van der Waals surface area contributed by atoms with Crippen molar-refractivity contribution in [2.45, 2.75) is 20.8 Å². The molecule has 26 heteroatoms. The van der Waals surface area contributed by atoms with E-state index in [1.807, 2.05) is 190 Å². The Labute approximate surface area is 732 Å². The Morgan fingerprint density at radius 2 is 1.23 bits per heavy atom. The summed E-state index contributed by atoms with van der Waals surface area (Å²) in [7, 11) is 3.96. The van der Waals surface area contributed by atoms with E-state index in [2.05, 4.69) is 109 Å². The zero-order chi connectivity index (χ0) is 80.3. The second-order valence-electron chi connectivity index (χ2n) is 22.9. The number of aliphatic hydroxyl groups is 1. The third-order valence-corrected chi connectivity index (χ3v) is 16.1. The number of carboxylic acid groups (broad SMARTS) is 1. The minimum absolute atomic E-state index is 0. The number of pyridine rings is 7. The van der Waals surface area contributed by atoms with E-state index in [0.29, 0.717) is 17.1 Å². The largest absolute Gasteiger partial charge is 0.574 e. The fourth-order valence-electron chi connectivity index (χ4n) is 10.1. The molecule has 6 aromatic carbocycles. The molecular weight excluding hydrogens is 2340 g/mol. The van der Waals surface area contributed by atoms with Crippen LogP contribution in [0.2, 0.25) is 0 Å². The van der Waals surface area contributed by atoms with E-state index in [4.69, 9.17) is 17.1 Å². The summed E-state index contributed by atoms with van der Waals surface area (Å²) >= 11 is 1.73. The van der Waals surface area contributed by atoms with Crippen molar-refractivity contribution in [2.75, 3.05) is 28.8 Å². The van der Waals surface area contributed by atoms with E-state index >= 15 is 0 Å². The maximum Gasteiger partial charge on any atom is 0.247 e. The molecule has 0 atom stereocenters. The van der Waals surface area contributed by atoms with Crippen LogP contribution in [0.25, 0.3) is 76.5 Å². The summed E-state index contributed by atoms with van der Waals surface area (Å²) < 4.78 is 79.3. The van der Waals surface area contributed by atoms with Crippen molar-refractivity contribution in [2.24, 2.45) is 0 Å². The first-order valence-corrected chi connectivity index (χ1v) is 33.8.